The number of benzene rings is 1. The number of rotatable bonds is 1. The maximum atomic E-state index is 3.08. The van der Waals surface area contributed by atoms with E-state index in [1.165, 1.54) is 16.7 Å². The van der Waals surface area contributed by atoms with Crippen molar-refractivity contribution in [3.05, 3.63) is 41.0 Å². The molecule has 1 unspecified atom stereocenters. The van der Waals surface area contributed by atoms with Crippen molar-refractivity contribution in [2.45, 2.75) is 25.7 Å². The van der Waals surface area contributed by atoms with Crippen molar-refractivity contribution >= 4 is 6.08 Å². The lowest BCUT2D eigenvalue weighted by atomic mass is 9.87. The van der Waals surface area contributed by atoms with Gasteiger partial charge in [-0.05, 0) is 29.0 Å². The largest absolute Gasteiger partial charge is 0.349 e. The summed E-state index contributed by atoms with van der Waals surface area (Å²) in [4.78, 5) is 0. The van der Waals surface area contributed by atoms with E-state index in [4.69, 9.17) is 0 Å². The monoisotopic (exact) mass is 211 g/mol. The molecule has 1 aromatic rings. The van der Waals surface area contributed by atoms with E-state index in [9.17, 15) is 0 Å². The summed E-state index contributed by atoms with van der Waals surface area (Å²) in [5.74, 6) is 3.73. The fraction of sp³-hybridized carbons (Fsp3) is 0.333. The molecule has 1 atom stereocenters. The summed E-state index contributed by atoms with van der Waals surface area (Å²) in [6, 6.07) is 9.57. The Morgan fingerprint density at radius 1 is 1.44 bits per heavy atom. The molecule has 0 saturated carbocycles. The molecular weight excluding hydrogens is 194 g/mol. The van der Waals surface area contributed by atoms with E-state index >= 15 is 0 Å². The molecule has 0 aromatic heterocycles. The topological polar surface area (TPSA) is 12.0 Å². The standard InChI is InChI=1S/C15H17N/c1-12-5-3-7-14-11-13(6-4-10-16-2)8-9-15(12)14/h3,7-9,11-12,16H,5-6H2,1-2H3. The average molecular weight is 211 g/mol. The third kappa shape index (κ3) is 2.28. The molecule has 82 valence electrons. The molecule has 0 bridgehead atoms. The highest BCUT2D eigenvalue weighted by atomic mass is 14.8. The van der Waals surface area contributed by atoms with Crippen molar-refractivity contribution < 1.29 is 0 Å². The van der Waals surface area contributed by atoms with Crippen molar-refractivity contribution in [3.8, 4) is 12.0 Å². The van der Waals surface area contributed by atoms with E-state index < -0.39 is 0 Å². The summed E-state index contributed by atoms with van der Waals surface area (Å²) in [7, 11) is 1.84. The zero-order chi connectivity index (χ0) is 11.4. The number of fused-ring (bicyclic) bond motifs is 1. The SMILES string of the molecule is CNC#CCc1ccc2c(c1)C=CCC2C. The summed E-state index contributed by atoms with van der Waals surface area (Å²) in [6.07, 6.45) is 6.46. The predicted molar refractivity (Wildman–Crippen MR) is 69.0 cm³/mol. The van der Waals surface area contributed by atoms with Gasteiger partial charge in [0.2, 0.25) is 0 Å². The second kappa shape index (κ2) is 4.90. The minimum Gasteiger partial charge on any atom is -0.349 e. The normalized spacial score (nSPS) is 17.2. The van der Waals surface area contributed by atoms with Gasteiger partial charge in [-0.15, -0.1) is 0 Å². The molecule has 1 N–H and O–H groups in total. The molecule has 0 saturated heterocycles. The van der Waals surface area contributed by atoms with E-state index in [2.05, 4.69) is 54.6 Å². The van der Waals surface area contributed by atoms with E-state index in [-0.39, 0.29) is 0 Å². The van der Waals surface area contributed by atoms with Crippen LogP contribution in [-0.4, -0.2) is 7.05 Å². The third-order valence-corrected chi connectivity index (χ3v) is 2.98. The number of hydrogen-bond donors (Lipinski definition) is 1. The minimum absolute atomic E-state index is 0.650. The molecular formula is C15H17N. The number of nitrogens with one attached hydrogen (secondary N) is 1. The smallest absolute Gasteiger partial charge is 0.0358 e. The zero-order valence-electron chi connectivity index (χ0n) is 9.88. The predicted octanol–water partition coefficient (Wildman–Crippen LogP) is 2.93. The summed E-state index contributed by atoms with van der Waals surface area (Å²) in [5.41, 5.74) is 4.12. The Morgan fingerprint density at radius 3 is 3.12 bits per heavy atom. The quantitative estimate of drug-likeness (QED) is 0.556. The van der Waals surface area contributed by atoms with Crippen LogP contribution in [0.3, 0.4) is 0 Å². The molecule has 0 radical (unpaired) electrons. The van der Waals surface area contributed by atoms with Crippen LogP contribution in [-0.2, 0) is 6.42 Å². The van der Waals surface area contributed by atoms with Gasteiger partial charge >= 0.3 is 0 Å². The maximum absolute atomic E-state index is 3.08. The fourth-order valence-corrected chi connectivity index (χ4v) is 2.09. The summed E-state index contributed by atoms with van der Waals surface area (Å²) >= 11 is 0. The van der Waals surface area contributed by atoms with Crippen molar-refractivity contribution in [2.75, 3.05) is 7.05 Å². The van der Waals surface area contributed by atoms with Gasteiger partial charge in [0.05, 0.1) is 0 Å². The second-order valence-corrected chi connectivity index (χ2v) is 4.23. The van der Waals surface area contributed by atoms with Crippen LogP contribution in [0.5, 0.6) is 0 Å². The van der Waals surface area contributed by atoms with Crippen LogP contribution in [0.25, 0.3) is 6.08 Å². The maximum Gasteiger partial charge on any atom is 0.0358 e. The first-order valence-corrected chi connectivity index (χ1v) is 5.75. The van der Waals surface area contributed by atoms with Crippen LogP contribution in [0, 0.1) is 12.0 Å². The van der Waals surface area contributed by atoms with E-state index in [1.807, 2.05) is 7.05 Å². The molecule has 1 nitrogen and oxygen atoms in total. The van der Waals surface area contributed by atoms with Crippen LogP contribution in [0.4, 0.5) is 0 Å². The molecule has 16 heavy (non-hydrogen) atoms. The highest BCUT2D eigenvalue weighted by Crippen LogP contribution is 2.29. The Labute approximate surface area is 97.6 Å². The van der Waals surface area contributed by atoms with E-state index in [0.717, 1.165) is 12.8 Å². The molecule has 0 aliphatic heterocycles. The summed E-state index contributed by atoms with van der Waals surface area (Å²) < 4.78 is 0. The van der Waals surface area contributed by atoms with Gasteiger partial charge in [0, 0.05) is 19.5 Å². The molecule has 1 aromatic carbocycles. The Bertz CT molecular complexity index is 460. The fourth-order valence-electron chi connectivity index (χ4n) is 2.09. The Kier molecular flexibility index (Phi) is 3.31. The lowest BCUT2D eigenvalue weighted by Crippen LogP contribution is -2.00. The lowest BCUT2D eigenvalue weighted by Gasteiger charge is -2.18. The molecule has 1 heteroatoms. The summed E-state index contributed by atoms with van der Waals surface area (Å²) in [6.45, 7) is 2.28. The zero-order valence-corrected chi connectivity index (χ0v) is 9.88. The Hall–Kier alpha value is -1.68. The minimum atomic E-state index is 0.650. The lowest BCUT2D eigenvalue weighted by molar-refractivity contribution is 0.771. The van der Waals surface area contributed by atoms with Crippen LogP contribution in [0.2, 0.25) is 0 Å². The summed E-state index contributed by atoms with van der Waals surface area (Å²) in [5, 5.41) is 2.83. The van der Waals surface area contributed by atoms with Crippen LogP contribution >= 0.6 is 0 Å². The second-order valence-electron chi connectivity index (χ2n) is 4.23. The van der Waals surface area contributed by atoms with Gasteiger partial charge in [-0.2, -0.15) is 0 Å². The Morgan fingerprint density at radius 2 is 2.31 bits per heavy atom. The van der Waals surface area contributed by atoms with Crippen molar-refractivity contribution in [3.63, 3.8) is 0 Å². The molecule has 0 amide bonds. The molecule has 0 heterocycles. The highest BCUT2D eigenvalue weighted by Gasteiger charge is 2.11. The van der Waals surface area contributed by atoms with E-state index in [1.54, 1.807) is 0 Å². The van der Waals surface area contributed by atoms with Gasteiger partial charge in [-0.25, -0.2) is 0 Å². The first kappa shape index (κ1) is 10.8. The molecule has 0 spiro atoms. The highest BCUT2D eigenvalue weighted by molar-refractivity contribution is 5.58. The number of allylic oxidation sites excluding steroid dienone is 1. The van der Waals surface area contributed by atoms with Crippen LogP contribution < -0.4 is 5.32 Å². The molecule has 0 fully saturated rings. The third-order valence-electron chi connectivity index (χ3n) is 2.98. The first-order chi connectivity index (χ1) is 7.81. The number of hydrogen-bond acceptors (Lipinski definition) is 1. The Balaban J connectivity index is 2.23. The van der Waals surface area contributed by atoms with E-state index in [0.29, 0.717) is 5.92 Å². The van der Waals surface area contributed by atoms with Gasteiger partial charge in [0.25, 0.3) is 0 Å². The average Bonchev–Trinajstić information content (AvgIpc) is 2.30. The van der Waals surface area contributed by atoms with Gasteiger partial charge < -0.3 is 5.32 Å². The van der Waals surface area contributed by atoms with Gasteiger partial charge in [-0.1, -0.05) is 43.2 Å². The van der Waals surface area contributed by atoms with Crippen LogP contribution in [0.15, 0.2) is 24.3 Å². The van der Waals surface area contributed by atoms with Crippen molar-refractivity contribution in [1.29, 1.82) is 0 Å². The van der Waals surface area contributed by atoms with Gasteiger partial charge in [-0.3, -0.25) is 0 Å². The molecule has 1 aliphatic rings. The molecule has 2 rings (SSSR count). The van der Waals surface area contributed by atoms with Gasteiger partial charge in [0.15, 0.2) is 0 Å². The first-order valence-electron chi connectivity index (χ1n) is 5.75. The molecule has 1 aliphatic carbocycles. The van der Waals surface area contributed by atoms with Gasteiger partial charge in [0.1, 0.15) is 0 Å². The van der Waals surface area contributed by atoms with Crippen molar-refractivity contribution in [2.24, 2.45) is 0 Å². The van der Waals surface area contributed by atoms with Crippen LogP contribution in [0.1, 0.15) is 36.0 Å². The van der Waals surface area contributed by atoms with Crippen molar-refractivity contribution in [1.82, 2.24) is 5.32 Å².